The third kappa shape index (κ3) is 2.65. The number of anilines is 1. The summed E-state index contributed by atoms with van der Waals surface area (Å²) < 4.78 is 0. The number of benzene rings is 1. The van der Waals surface area contributed by atoms with Crippen LogP contribution < -0.4 is 4.90 Å². The molecule has 5 heteroatoms. The van der Waals surface area contributed by atoms with Gasteiger partial charge < -0.3 is 10.0 Å². The summed E-state index contributed by atoms with van der Waals surface area (Å²) in [6.07, 6.45) is 1.52. The number of rotatable bonds is 3. The quantitative estimate of drug-likeness (QED) is 0.912. The van der Waals surface area contributed by atoms with E-state index in [4.69, 9.17) is 5.11 Å². The first-order chi connectivity index (χ1) is 10.1. The number of likely N-dealkylation sites (tertiary alicyclic amines) is 1. The lowest BCUT2D eigenvalue weighted by molar-refractivity contribution is -0.141. The molecule has 0 aromatic heterocycles. The fraction of sp³-hybridized carbons (Fsp3) is 0.500. The molecular weight excluding hydrogens is 268 g/mol. The van der Waals surface area contributed by atoms with Gasteiger partial charge in [0.15, 0.2) is 0 Å². The summed E-state index contributed by atoms with van der Waals surface area (Å²) in [5, 5.41) is 9.03. The number of carboxylic acids is 1. The lowest BCUT2D eigenvalue weighted by Gasteiger charge is -2.25. The molecule has 1 N–H and O–H groups in total. The minimum Gasteiger partial charge on any atom is -0.481 e. The summed E-state index contributed by atoms with van der Waals surface area (Å²) in [4.78, 5) is 27.4. The normalized spacial score (nSPS) is 25.1. The van der Waals surface area contributed by atoms with Crippen molar-refractivity contribution in [2.75, 3.05) is 24.5 Å². The number of carboxylic acid groups (broad SMARTS) is 1. The first kappa shape index (κ1) is 14.1. The summed E-state index contributed by atoms with van der Waals surface area (Å²) in [5.41, 5.74) is 2.21. The van der Waals surface area contributed by atoms with E-state index in [0.29, 0.717) is 26.1 Å². The molecule has 2 aliphatic heterocycles. The Balaban J connectivity index is 1.68. The van der Waals surface area contributed by atoms with Crippen LogP contribution in [0, 0.1) is 5.92 Å². The molecule has 112 valence electrons. The molecule has 3 rings (SSSR count). The molecule has 5 nitrogen and oxygen atoms in total. The van der Waals surface area contributed by atoms with Crippen LogP contribution in [0.2, 0.25) is 0 Å². The van der Waals surface area contributed by atoms with E-state index in [1.54, 1.807) is 0 Å². The van der Waals surface area contributed by atoms with Crippen molar-refractivity contribution >= 4 is 17.6 Å². The van der Waals surface area contributed by atoms with Gasteiger partial charge in [0, 0.05) is 18.3 Å². The zero-order chi connectivity index (χ0) is 15.0. The van der Waals surface area contributed by atoms with Crippen LogP contribution in [0.1, 0.15) is 18.9 Å². The van der Waals surface area contributed by atoms with E-state index in [9.17, 15) is 9.59 Å². The van der Waals surface area contributed by atoms with Gasteiger partial charge >= 0.3 is 5.97 Å². The molecule has 2 aliphatic rings. The van der Waals surface area contributed by atoms with Gasteiger partial charge in [-0.1, -0.05) is 18.2 Å². The van der Waals surface area contributed by atoms with E-state index in [0.717, 1.165) is 12.1 Å². The van der Waals surface area contributed by atoms with Crippen LogP contribution in [-0.4, -0.2) is 47.6 Å². The van der Waals surface area contributed by atoms with Crippen LogP contribution in [0.5, 0.6) is 0 Å². The molecule has 0 saturated carbocycles. The molecule has 1 aromatic rings. The molecule has 1 saturated heterocycles. The Hall–Kier alpha value is -1.88. The monoisotopic (exact) mass is 288 g/mol. The first-order valence-electron chi connectivity index (χ1n) is 7.41. The summed E-state index contributed by atoms with van der Waals surface area (Å²) in [6.45, 7) is 3.53. The van der Waals surface area contributed by atoms with Crippen molar-refractivity contribution in [2.45, 2.75) is 25.8 Å². The van der Waals surface area contributed by atoms with Crippen LogP contribution >= 0.6 is 0 Å². The first-order valence-corrected chi connectivity index (χ1v) is 7.41. The maximum Gasteiger partial charge on any atom is 0.307 e. The van der Waals surface area contributed by atoms with E-state index in [1.807, 2.05) is 28.0 Å². The highest BCUT2D eigenvalue weighted by molar-refractivity contribution is 5.97. The molecule has 1 aromatic carbocycles. The number of para-hydroxylation sites is 1. The van der Waals surface area contributed by atoms with E-state index in [-0.39, 0.29) is 17.9 Å². The van der Waals surface area contributed by atoms with Crippen LogP contribution in [0.4, 0.5) is 5.69 Å². The van der Waals surface area contributed by atoms with Gasteiger partial charge in [-0.3, -0.25) is 14.5 Å². The largest absolute Gasteiger partial charge is 0.481 e. The van der Waals surface area contributed by atoms with Crippen molar-refractivity contribution < 1.29 is 14.7 Å². The van der Waals surface area contributed by atoms with E-state index < -0.39 is 5.97 Å². The van der Waals surface area contributed by atoms with Gasteiger partial charge in [-0.2, -0.15) is 0 Å². The predicted molar refractivity (Wildman–Crippen MR) is 79.3 cm³/mol. The smallest absolute Gasteiger partial charge is 0.307 e. The Morgan fingerprint density at radius 2 is 2.10 bits per heavy atom. The Morgan fingerprint density at radius 3 is 2.81 bits per heavy atom. The summed E-state index contributed by atoms with van der Waals surface area (Å²) in [5.74, 6) is -1.02. The average molecular weight is 288 g/mol. The lowest BCUT2D eigenvalue weighted by atomic mass is 10.1. The van der Waals surface area contributed by atoms with Gasteiger partial charge in [0.05, 0.1) is 12.5 Å². The van der Waals surface area contributed by atoms with Crippen molar-refractivity contribution in [1.29, 1.82) is 0 Å². The van der Waals surface area contributed by atoms with Crippen molar-refractivity contribution in [2.24, 2.45) is 5.92 Å². The number of hydrogen-bond acceptors (Lipinski definition) is 3. The minimum atomic E-state index is -0.759. The second-order valence-corrected chi connectivity index (χ2v) is 6.00. The standard InChI is InChI=1S/C16H20N2O3/c1-11-8-12-4-2-3-5-14(12)18(11)15(19)10-17-7-6-13(9-17)16(20)21/h2-5,11,13H,6-10H2,1H3,(H,20,21)/t11-,13+/m0/s1. The Morgan fingerprint density at radius 1 is 1.33 bits per heavy atom. The van der Waals surface area contributed by atoms with Crippen LogP contribution in [-0.2, 0) is 16.0 Å². The topological polar surface area (TPSA) is 60.9 Å². The predicted octanol–water partition coefficient (Wildman–Crippen LogP) is 1.37. The van der Waals surface area contributed by atoms with Crippen molar-refractivity contribution in [3.8, 4) is 0 Å². The summed E-state index contributed by atoms with van der Waals surface area (Å²) >= 11 is 0. The molecule has 1 amide bonds. The second kappa shape index (κ2) is 5.48. The fourth-order valence-electron chi connectivity index (χ4n) is 3.39. The van der Waals surface area contributed by atoms with Gasteiger partial charge in [-0.25, -0.2) is 0 Å². The number of nitrogens with zero attached hydrogens (tertiary/aromatic N) is 2. The zero-order valence-electron chi connectivity index (χ0n) is 12.2. The average Bonchev–Trinajstić information content (AvgIpc) is 3.01. The van der Waals surface area contributed by atoms with Gasteiger partial charge in [0.2, 0.25) is 5.91 Å². The maximum absolute atomic E-state index is 12.6. The Bertz CT molecular complexity index is 572. The molecular formula is C16H20N2O3. The Labute approximate surface area is 124 Å². The number of carbonyl (C=O) groups is 2. The number of fused-ring (bicyclic) bond motifs is 1. The number of hydrogen-bond donors (Lipinski definition) is 1. The molecule has 0 radical (unpaired) electrons. The van der Waals surface area contributed by atoms with Gasteiger partial charge in [0.25, 0.3) is 0 Å². The highest BCUT2D eigenvalue weighted by atomic mass is 16.4. The van der Waals surface area contributed by atoms with Crippen molar-refractivity contribution in [3.05, 3.63) is 29.8 Å². The highest BCUT2D eigenvalue weighted by Gasteiger charge is 2.34. The zero-order valence-corrected chi connectivity index (χ0v) is 12.2. The van der Waals surface area contributed by atoms with E-state index in [1.165, 1.54) is 5.56 Å². The number of carbonyl (C=O) groups excluding carboxylic acids is 1. The van der Waals surface area contributed by atoms with Crippen LogP contribution in [0.15, 0.2) is 24.3 Å². The molecule has 0 spiro atoms. The summed E-state index contributed by atoms with van der Waals surface area (Å²) in [6, 6.07) is 8.17. The van der Waals surface area contributed by atoms with Crippen molar-refractivity contribution in [1.82, 2.24) is 4.90 Å². The highest BCUT2D eigenvalue weighted by Crippen LogP contribution is 2.32. The lowest BCUT2D eigenvalue weighted by Crippen LogP contribution is -2.42. The Kier molecular flexibility index (Phi) is 3.68. The van der Waals surface area contributed by atoms with Crippen LogP contribution in [0.3, 0.4) is 0 Å². The van der Waals surface area contributed by atoms with Gasteiger partial charge in [0.1, 0.15) is 0 Å². The number of aliphatic carboxylic acids is 1. The van der Waals surface area contributed by atoms with Gasteiger partial charge in [-0.05, 0) is 37.9 Å². The second-order valence-electron chi connectivity index (χ2n) is 6.00. The van der Waals surface area contributed by atoms with Crippen LogP contribution in [0.25, 0.3) is 0 Å². The molecule has 0 aliphatic carbocycles. The van der Waals surface area contributed by atoms with E-state index >= 15 is 0 Å². The maximum atomic E-state index is 12.6. The molecule has 0 bridgehead atoms. The third-order valence-electron chi connectivity index (χ3n) is 4.46. The van der Waals surface area contributed by atoms with Gasteiger partial charge in [-0.15, -0.1) is 0 Å². The fourth-order valence-corrected chi connectivity index (χ4v) is 3.39. The number of amides is 1. The third-order valence-corrected chi connectivity index (χ3v) is 4.46. The van der Waals surface area contributed by atoms with E-state index in [2.05, 4.69) is 13.0 Å². The molecule has 2 heterocycles. The van der Waals surface area contributed by atoms with Crippen molar-refractivity contribution in [3.63, 3.8) is 0 Å². The molecule has 0 unspecified atom stereocenters. The molecule has 21 heavy (non-hydrogen) atoms. The molecule has 1 fully saturated rings. The minimum absolute atomic E-state index is 0.0680. The molecule has 2 atom stereocenters. The summed E-state index contributed by atoms with van der Waals surface area (Å²) in [7, 11) is 0. The SMILES string of the molecule is C[C@H]1Cc2ccccc2N1C(=O)CN1CC[C@@H](C(=O)O)C1.